The van der Waals surface area contributed by atoms with E-state index in [0.717, 1.165) is 36.0 Å². The Morgan fingerprint density at radius 1 is 1.07 bits per heavy atom. The van der Waals surface area contributed by atoms with Crippen LogP contribution in [0.5, 0.6) is 5.75 Å². The molecule has 138 valence electrons. The number of amides is 1. The second-order valence-electron chi connectivity index (χ2n) is 6.46. The second kappa shape index (κ2) is 7.96. The number of nitrogens with zero attached hydrogens (tertiary/aromatic N) is 2. The summed E-state index contributed by atoms with van der Waals surface area (Å²) in [5.41, 5.74) is 2.32. The normalized spacial score (nSPS) is 13.7. The summed E-state index contributed by atoms with van der Waals surface area (Å²) in [5.74, 6) is 1.35. The third-order valence-electron chi connectivity index (χ3n) is 4.52. The van der Waals surface area contributed by atoms with E-state index >= 15 is 0 Å². The van der Waals surface area contributed by atoms with Crippen LogP contribution in [0.25, 0.3) is 11.5 Å². The van der Waals surface area contributed by atoms with Crippen molar-refractivity contribution in [3.63, 3.8) is 0 Å². The van der Waals surface area contributed by atoms with E-state index in [4.69, 9.17) is 9.15 Å². The lowest BCUT2D eigenvalue weighted by atomic mass is 10.2. The monoisotopic (exact) mass is 426 g/mol. The highest BCUT2D eigenvalue weighted by Gasteiger charge is 2.19. The smallest absolute Gasteiger partial charge is 0.253 e. The third-order valence-corrected chi connectivity index (χ3v) is 5.05. The Labute approximate surface area is 166 Å². The molecular formula is C21H19BrN2O3. The number of likely N-dealkylation sites (tertiary alicyclic amines) is 1. The van der Waals surface area contributed by atoms with Crippen molar-refractivity contribution in [1.82, 2.24) is 9.88 Å². The van der Waals surface area contributed by atoms with Crippen LogP contribution >= 0.6 is 15.9 Å². The van der Waals surface area contributed by atoms with E-state index < -0.39 is 0 Å². The summed E-state index contributed by atoms with van der Waals surface area (Å²) in [6.45, 7) is 2.01. The van der Waals surface area contributed by atoms with Crippen LogP contribution in [0.2, 0.25) is 0 Å². The van der Waals surface area contributed by atoms with Crippen LogP contribution in [-0.2, 0) is 6.61 Å². The van der Waals surface area contributed by atoms with Crippen LogP contribution in [0.15, 0.2) is 63.7 Å². The lowest BCUT2D eigenvalue weighted by Gasteiger charge is -2.15. The molecule has 1 aromatic heterocycles. The minimum Gasteiger partial charge on any atom is -0.487 e. The first-order chi connectivity index (χ1) is 13.2. The highest BCUT2D eigenvalue weighted by atomic mass is 79.9. The molecule has 27 heavy (non-hydrogen) atoms. The molecule has 2 aromatic carbocycles. The molecule has 0 atom stereocenters. The summed E-state index contributed by atoms with van der Waals surface area (Å²) in [6.07, 6.45) is 3.78. The van der Waals surface area contributed by atoms with Gasteiger partial charge in [-0.1, -0.05) is 15.9 Å². The largest absolute Gasteiger partial charge is 0.487 e. The Morgan fingerprint density at radius 2 is 1.78 bits per heavy atom. The fourth-order valence-electron chi connectivity index (χ4n) is 3.05. The van der Waals surface area contributed by atoms with Gasteiger partial charge in [-0.05, 0) is 61.4 Å². The van der Waals surface area contributed by atoms with E-state index in [1.807, 2.05) is 53.4 Å². The number of benzene rings is 2. The van der Waals surface area contributed by atoms with Crippen LogP contribution in [-0.4, -0.2) is 28.9 Å². The van der Waals surface area contributed by atoms with Crippen molar-refractivity contribution in [2.24, 2.45) is 0 Å². The van der Waals surface area contributed by atoms with Crippen molar-refractivity contribution in [1.29, 1.82) is 0 Å². The Hall–Kier alpha value is -2.60. The molecule has 1 aliphatic rings. The SMILES string of the molecule is O=C(c1ccc(OCc2coc(-c3ccc(Br)cc3)n2)cc1)N1CCCC1. The number of hydrogen-bond acceptors (Lipinski definition) is 4. The van der Waals surface area contributed by atoms with Gasteiger partial charge in [-0.15, -0.1) is 0 Å². The zero-order valence-electron chi connectivity index (χ0n) is 14.7. The molecule has 0 unspecified atom stereocenters. The van der Waals surface area contributed by atoms with E-state index in [9.17, 15) is 4.79 Å². The number of ether oxygens (including phenoxy) is 1. The van der Waals surface area contributed by atoms with Crippen molar-refractivity contribution >= 4 is 21.8 Å². The maximum Gasteiger partial charge on any atom is 0.253 e. The van der Waals surface area contributed by atoms with E-state index in [1.165, 1.54) is 0 Å². The molecule has 6 heteroatoms. The first kappa shape index (κ1) is 17.8. The number of rotatable bonds is 5. The predicted molar refractivity (Wildman–Crippen MR) is 106 cm³/mol. The van der Waals surface area contributed by atoms with Gasteiger partial charge in [0, 0.05) is 28.7 Å². The van der Waals surface area contributed by atoms with Crippen molar-refractivity contribution in [3.05, 3.63) is 70.5 Å². The number of aromatic nitrogens is 1. The van der Waals surface area contributed by atoms with Gasteiger partial charge in [0.15, 0.2) is 0 Å². The van der Waals surface area contributed by atoms with Crippen molar-refractivity contribution in [2.45, 2.75) is 19.4 Å². The minimum absolute atomic E-state index is 0.0923. The first-order valence-corrected chi connectivity index (χ1v) is 9.71. The molecule has 1 fully saturated rings. The number of carbonyl (C=O) groups excluding carboxylic acids is 1. The molecule has 0 bridgehead atoms. The van der Waals surface area contributed by atoms with Gasteiger partial charge in [0.25, 0.3) is 5.91 Å². The molecule has 0 spiro atoms. The maximum absolute atomic E-state index is 12.4. The summed E-state index contributed by atoms with van der Waals surface area (Å²) in [6, 6.07) is 15.0. The van der Waals surface area contributed by atoms with Crippen molar-refractivity contribution in [2.75, 3.05) is 13.1 Å². The van der Waals surface area contributed by atoms with Crippen LogP contribution in [0.1, 0.15) is 28.9 Å². The van der Waals surface area contributed by atoms with Crippen molar-refractivity contribution in [3.8, 4) is 17.2 Å². The lowest BCUT2D eigenvalue weighted by molar-refractivity contribution is 0.0793. The summed E-state index contributed by atoms with van der Waals surface area (Å²) in [4.78, 5) is 18.7. The molecule has 4 rings (SSSR count). The van der Waals surface area contributed by atoms with Gasteiger partial charge in [-0.2, -0.15) is 0 Å². The Kier molecular flexibility index (Phi) is 5.25. The Bertz CT molecular complexity index is 913. The highest BCUT2D eigenvalue weighted by molar-refractivity contribution is 9.10. The quantitative estimate of drug-likeness (QED) is 0.580. The van der Waals surface area contributed by atoms with Crippen LogP contribution < -0.4 is 4.74 Å². The van der Waals surface area contributed by atoms with Crippen LogP contribution in [0.4, 0.5) is 0 Å². The standard InChI is InChI=1S/C21H19BrN2O3/c22-17-7-3-15(4-8-17)20-23-18(14-27-20)13-26-19-9-5-16(6-10-19)21(25)24-11-1-2-12-24/h3-10,14H,1-2,11-13H2. The van der Waals surface area contributed by atoms with Gasteiger partial charge in [0.05, 0.1) is 0 Å². The van der Waals surface area contributed by atoms with Gasteiger partial charge in [0.2, 0.25) is 5.89 Å². The molecule has 0 N–H and O–H groups in total. The fourth-order valence-corrected chi connectivity index (χ4v) is 3.32. The third kappa shape index (κ3) is 4.22. The zero-order chi connectivity index (χ0) is 18.6. The molecule has 0 radical (unpaired) electrons. The lowest BCUT2D eigenvalue weighted by Crippen LogP contribution is -2.27. The average molecular weight is 427 g/mol. The van der Waals surface area contributed by atoms with E-state index in [-0.39, 0.29) is 5.91 Å². The molecule has 2 heterocycles. The van der Waals surface area contributed by atoms with Gasteiger partial charge >= 0.3 is 0 Å². The Morgan fingerprint density at radius 3 is 2.48 bits per heavy atom. The molecule has 1 amide bonds. The van der Waals surface area contributed by atoms with Gasteiger partial charge in [0.1, 0.15) is 24.3 Å². The molecule has 0 saturated carbocycles. The maximum atomic E-state index is 12.4. The van der Waals surface area contributed by atoms with E-state index in [2.05, 4.69) is 20.9 Å². The first-order valence-electron chi connectivity index (χ1n) is 8.91. The molecule has 1 saturated heterocycles. The molecule has 3 aromatic rings. The van der Waals surface area contributed by atoms with E-state index in [1.54, 1.807) is 6.26 Å². The summed E-state index contributed by atoms with van der Waals surface area (Å²) >= 11 is 3.41. The molecule has 1 aliphatic heterocycles. The van der Waals surface area contributed by atoms with E-state index in [0.29, 0.717) is 29.5 Å². The topological polar surface area (TPSA) is 55.6 Å². The fraction of sp³-hybridized carbons (Fsp3) is 0.238. The predicted octanol–water partition coefficient (Wildman–Crippen LogP) is 4.92. The van der Waals surface area contributed by atoms with Crippen LogP contribution in [0.3, 0.4) is 0 Å². The average Bonchev–Trinajstić information content (AvgIpc) is 3.39. The summed E-state index contributed by atoms with van der Waals surface area (Å²) in [7, 11) is 0. The minimum atomic E-state index is 0.0923. The number of carbonyl (C=O) groups is 1. The van der Waals surface area contributed by atoms with Crippen molar-refractivity contribution < 1.29 is 13.9 Å². The summed E-state index contributed by atoms with van der Waals surface area (Å²) < 4.78 is 12.3. The number of halogens is 1. The molecule has 0 aliphatic carbocycles. The van der Waals surface area contributed by atoms with Crippen LogP contribution in [0, 0.1) is 0 Å². The Balaban J connectivity index is 1.36. The molecular weight excluding hydrogens is 408 g/mol. The molecule has 5 nitrogen and oxygen atoms in total. The number of hydrogen-bond donors (Lipinski definition) is 0. The summed E-state index contributed by atoms with van der Waals surface area (Å²) in [5, 5.41) is 0. The van der Waals surface area contributed by atoms with Gasteiger partial charge in [-0.25, -0.2) is 4.98 Å². The zero-order valence-corrected chi connectivity index (χ0v) is 16.3. The second-order valence-corrected chi connectivity index (χ2v) is 7.38. The van der Waals surface area contributed by atoms with Gasteiger partial charge in [-0.3, -0.25) is 4.79 Å². The van der Waals surface area contributed by atoms with Gasteiger partial charge < -0.3 is 14.1 Å². The number of oxazole rings is 1. The highest BCUT2D eigenvalue weighted by Crippen LogP contribution is 2.22.